The van der Waals surface area contributed by atoms with Crippen LogP contribution in [-0.2, 0) is 6.18 Å². The van der Waals surface area contributed by atoms with Crippen molar-refractivity contribution in [3.63, 3.8) is 0 Å². The van der Waals surface area contributed by atoms with Gasteiger partial charge in [0, 0.05) is 10.4 Å². The monoisotopic (exact) mass is 414 g/mol. The van der Waals surface area contributed by atoms with Crippen molar-refractivity contribution in [3.8, 4) is 0 Å². The summed E-state index contributed by atoms with van der Waals surface area (Å²) in [5.74, 6) is -0.788. The number of Topliss-reactive ketones (excluding diaryl/α,β-unsaturated/α-hetero) is 1. The van der Waals surface area contributed by atoms with Gasteiger partial charge >= 0.3 is 6.18 Å². The van der Waals surface area contributed by atoms with Crippen molar-refractivity contribution < 1.29 is 18.0 Å². The Kier molecular flexibility index (Phi) is 4.92. The third-order valence-corrected chi connectivity index (χ3v) is 4.43. The summed E-state index contributed by atoms with van der Waals surface area (Å²) >= 11 is 11.9. The molecule has 3 aromatic rings. The highest BCUT2D eigenvalue weighted by molar-refractivity contribution is 6.36. The number of hydrogen-bond donors (Lipinski definition) is 2. The van der Waals surface area contributed by atoms with E-state index in [0.717, 1.165) is 19.1 Å². The molecule has 1 aromatic heterocycles. The van der Waals surface area contributed by atoms with Gasteiger partial charge in [0.2, 0.25) is 5.43 Å². The number of pyridine rings is 1. The summed E-state index contributed by atoms with van der Waals surface area (Å²) in [6.07, 6.45) is -4.69. The van der Waals surface area contributed by atoms with Crippen molar-refractivity contribution in [2.24, 2.45) is 0 Å². The van der Waals surface area contributed by atoms with Gasteiger partial charge in [0.25, 0.3) is 0 Å². The van der Waals surface area contributed by atoms with E-state index in [0.29, 0.717) is 5.02 Å². The summed E-state index contributed by atoms with van der Waals surface area (Å²) in [4.78, 5) is 27.2. The largest absolute Gasteiger partial charge is 0.418 e. The number of halogens is 5. The fourth-order valence-corrected chi connectivity index (χ4v) is 3.16. The van der Waals surface area contributed by atoms with Crippen LogP contribution in [0.2, 0.25) is 10.0 Å². The smallest absolute Gasteiger partial charge is 0.340 e. The van der Waals surface area contributed by atoms with Crippen LogP contribution in [-0.4, -0.2) is 10.8 Å². The molecular weight excluding hydrogens is 404 g/mol. The Morgan fingerprint density at radius 2 is 1.85 bits per heavy atom. The first-order chi connectivity index (χ1) is 12.6. The molecule has 2 aromatic carbocycles. The van der Waals surface area contributed by atoms with Crippen LogP contribution in [0.1, 0.15) is 22.8 Å². The summed E-state index contributed by atoms with van der Waals surface area (Å²) in [6, 6.07) is 7.60. The van der Waals surface area contributed by atoms with Gasteiger partial charge in [0.15, 0.2) is 5.78 Å². The van der Waals surface area contributed by atoms with Gasteiger partial charge in [0.05, 0.1) is 21.8 Å². The zero-order valence-electron chi connectivity index (χ0n) is 13.7. The van der Waals surface area contributed by atoms with E-state index in [4.69, 9.17) is 23.2 Å². The Morgan fingerprint density at radius 1 is 1.15 bits per heavy atom. The molecule has 0 radical (unpaired) electrons. The Hall–Kier alpha value is -2.51. The highest BCUT2D eigenvalue weighted by atomic mass is 35.5. The Bertz CT molecular complexity index is 1120. The van der Waals surface area contributed by atoms with Crippen LogP contribution >= 0.6 is 23.2 Å². The molecule has 4 nitrogen and oxygen atoms in total. The zero-order chi connectivity index (χ0) is 19.9. The van der Waals surface area contributed by atoms with Gasteiger partial charge in [-0.1, -0.05) is 29.3 Å². The molecule has 0 unspecified atom stereocenters. The average Bonchev–Trinajstić information content (AvgIpc) is 2.56. The molecular formula is C18H11Cl2F3N2O2. The maximum atomic E-state index is 13.3. The Balaban J connectivity index is 2.31. The first-order valence-corrected chi connectivity index (χ1v) is 8.34. The molecule has 2 N–H and O–H groups in total. The van der Waals surface area contributed by atoms with Crippen molar-refractivity contribution >= 4 is 51.4 Å². The van der Waals surface area contributed by atoms with Crippen LogP contribution in [0.3, 0.4) is 0 Å². The number of fused-ring (bicyclic) bond motifs is 1. The van der Waals surface area contributed by atoms with E-state index >= 15 is 0 Å². The number of hydrogen-bond acceptors (Lipinski definition) is 3. The molecule has 0 saturated heterocycles. The number of carbonyl (C=O) groups is 1. The maximum Gasteiger partial charge on any atom is 0.418 e. The molecule has 0 atom stereocenters. The average molecular weight is 415 g/mol. The lowest BCUT2D eigenvalue weighted by atomic mass is 10.0. The number of aromatic amines is 1. The number of carbonyl (C=O) groups excluding carboxylic acids is 1. The van der Waals surface area contributed by atoms with Gasteiger partial charge in [-0.2, -0.15) is 13.2 Å². The number of ketones is 1. The number of anilines is 2. The number of H-pyrrole nitrogens is 1. The first-order valence-electron chi connectivity index (χ1n) is 7.59. The lowest BCUT2D eigenvalue weighted by Gasteiger charge is -2.16. The zero-order valence-corrected chi connectivity index (χ0v) is 15.2. The summed E-state index contributed by atoms with van der Waals surface area (Å²) in [6.45, 7) is 1.15. The van der Waals surface area contributed by atoms with E-state index in [1.54, 1.807) is 0 Å². The van der Waals surface area contributed by atoms with Crippen molar-refractivity contribution in [3.05, 3.63) is 67.8 Å². The van der Waals surface area contributed by atoms with E-state index in [2.05, 4.69) is 10.3 Å². The third kappa shape index (κ3) is 3.65. The fourth-order valence-electron chi connectivity index (χ4n) is 2.70. The highest BCUT2D eigenvalue weighted by Gasteiger charge is 2.34. The van der Waals surface area contributed by atoms with Crippen molar-refractivity contribution in [2.45, 2.75) is 13.1 Å². The van der Waals surface area contributed by atoms with Crippen molar-refractivity contribution in [2.75, 3.05) is 5.32 Å². The number of alkyl halides is 3. The van der Waals surface area contributed by atoms with Gasteiger partial charge in [-0.25, -0.2) is 0 Å². The molecule has 0 saturated carbocycles. The SMILES string of the molecule is CC(=O)c1c(Nc2ccc(Cl)cc2Cl)[nH]c2c(C(F)(F)F)cccc2c1=O. The van der Waals surface area contributed by atoms with Crippen LogP contribution in [0.4, 0.5) is 24.7 Å². The van der Waals surface area contributed by atoms with Crippen molar-refractivity contribution in [1.82, 2.24) is 4.98 Å². The first kappa shape index (κ1) is 19.3. The van der Waals surface area contributed by atoms with Gasteiger partial charge in [-0.3, -0.25) is 9.59 Å². The Morgan fingerprint density at radius 3 is 2.44 bits per heavy atom. The topological polar surface area (TPSA) is 62.0 Å². The summed E-state index contributed by atoms with van der Waals surface area (Å²) in [5.41, 5.74) is -2.28. The molecule has 9 heteroatoms. The minimum Gasteiger partial charge on any atom is -0.340 e. The summed E-state index contributed by atoms with van der Waals surface area (Å²) < 4.78 is 40.0. The van der Waals surface area contributed by atoms with Crippen LogP contribution in [0.5, 0.6) is 0 Å². The van der Waals surface area contributed by atoms with E-state index in [1.165, 1.54) is 24.3 Å². The molecule has 140 valence electrons. The molecule has 0 amide bonds. The molecule has 0 fully saturated rings. The Labute approximate surface area is 160 Å². The lowest BCUT2D eigenvalue weighted by Crippen LogP contribution is -2.19. The van der Waals surface area contributed by atoms with Crippen LogP contribution in [0, 0.1) is 0 Å². The number of benzene rings is 2. The second kappa shape index (κ2) is 6.90. The summed E-state index contributed by atoms with van der Waals surface area (Å²) in [7, 11) is 0. The number of aromatic nitrogens is 1. The molecule has 3 rings (SSSR count). The second-order valence-corrected chi connectivity index (χ2v) is 6.58. The lowest BCUT2D eigenvalue weighted by molar-refractivity contribution is -0.136. The van der Waals surface area contributed by atoms with E-state index < -0.39 is 28.5 Å². The normalized spacial score (nSPS) is 11.6. The van der Waals surface area contributed by atoms with Gasteiger partial charge in [0.1, 0.15) is 11.4 Å². The van der Waals surface area contributed by atoms with Gasteiger partial charge < -0.3 is 10.3 Å². The number of nitrogens with one attached hydrogen (secondary N) is 2. The molecule has 27 heavy (non-hydrogen) atoms. The molecule has 1 heterocycles. The summed E-state index contributed by atoms with van der Waals surface area (Å²) in [5, 5.41) is 3.01. The highest BCUT2D eigenvalue weighted by Crippen LogP contribution is 2.35. The maximum absolute atomic E-state index is 13.3. The van der Waals surface area contributed by atoms with Crippen molar-refractivity contribution in [1.29, 1.82) is 0 Å². The molecule has 0 aliphatic heterocycles. The third-order valence-electron chi connectivity index (χ3n) is 3.88. The van der Waals surface area contributed by atoms with E-state index in [9.17, 15) is 22.8 Å². The molecule has 0 spiro atoms. The number of para-hydroxylation sites is 1. The molecule has 0 bridgehead atoms. The predicted molar refractivity (Wildman–Crippen MR) is 99.3 cm³/mol. The molecule has 0 aliphatic carbocycles. The number of rotatable bonds is 3. The quantitative estimate of drug-likeness (QED) is 0.532. The van der Waals surface area contributed by atoms with Crippen LogP contribution in [0.15, 0.2) is 41.2 Å². The standard InChI is InChI=1S/C18H11Cl2F3N2O2/c1-8(26)14-16(27)10-3-2-4-11(18(21,22)23)15(10)25-17(14)24-13-6-5-9(19)7-12(13)20/h2-7H,1H3,(H2,24,25,27). The van der Waals surface area contributed by atoms with Crippen LogP contribution in [0.25, 0.3) is 10.9 Å². The van der Waals surface area contributed by atoms with Gasteiger partial charge in [-0.05, 0) is 37.3 Å². The fraction of sp³-hybridized carbons (Fsp3) is 0.111. The van der Waals surface area contributed by atoms with E-state index in [-0.39, 0.29) is 27.5 Å². The predicted octanol–water partition coefficient (Wildman–Crippen LogP) is 5.80. The minimum atomic E-state index is -4.69. The minimum absolute atomic E-state index is 0.169. The molecule has 0 aliphatic rings. The van der Waals surface area contributed by atoms with E-state index in [1.807, 2.05) is 0 Å². The van der Waals surface area contributed by atoms with Crippen LogP contribution < -0.4 is 10.7 Å². The second-order valence-electron chi connectivity index (χ2n) is 5.74. The van der Waals surface area contributed by atoms with Gasteiger partial charge in [-0.15, -0.1) is 0 Å².